The third-order valence-corrected chi connectivity index (χ3v) is 3.87. The maximum Gasteiger partial charge on any atom is 0.471 e. The minimum Gasteiger partial charge on any atom is -0.378 e. The maximum absolute atomic E-state index is 12.5. The second kappa shape index (κ2) is 5.05. The van der Waals surface area contributed by atoms with Crippen molar-refractivity contribution in [1.29, 1.82) is 0 Å². The van der Waals surface area contributed by atoms with E-state index in [2.05, 4.69) is 19.6 Å². The van der Waals surface area contributed by atoms with Gasteiger partial charge in [-0.15, -0.1) is 0 Å². The van der Waals surface area contributed by atoms with Crippen molar-refractivity contribution in [1.82, 2.24) is 15.1 Å². The summed E-state index contributed by atoms with van der Waals surface area (Å²) in [5, 5.41) is 3.38. The predicted octanol–water partition coefficient (Wildman–Crippen LogP) is 3.18. The molecule has 1 aliphatic rings. The van der Waals surface area contributed by atoms with Gasteiger partial charge in [0.25, 0.3) is 0 Å². The predicted molar refractivity (Wildman–Crippen MR) is 69.9 cm³/mol. The second-order valence-corrected chi connectivity index (χ2v) is 5.45. The second-order valence-electron chi connectivity index (χ2n) is 5.45. The van der Waals surface area contributed by atoms with Crippen LogP contribution in [-0.2, 0) is 17.3 Å². The van der Waals surface area contributed by atoms with Crippen LogP contribution in [0.15, 0.2) is 16.8 Å². The molecule has 0 aliphatic heterocycles. The Labute approximate surface area is 124 Å². The van der Waals surface area contributed by atoms with E-state index >= 15 is 0 Å². The van der Waals surface area contributed by atoms with Crippen molar-refractivity contribution in [2.75, 3.05) is 7.11 Å². The van der Waals surface area contributed by atoms with E-state index in [-0.39, 0.29) is 11.4 Å². The Morgan fingerprint density at radius 3 is 2.64 bits per heavy atom. The lowest BCUT2D eigenvalue weighted by molar-refractivity contribution is -0.159. The SMILES string of the molecule is COC1(Cc2cc(-c3noc(C(F)(F)F)n3)cnc2C)CC1. The van der Waals surface area contributed by atoms with E-state index in [1.54, 1.807) is 13.2 Å². The van der Waals surface area contributed by atoms with Gasteiger partial charge in [-0.25, -0.2) is 0 Å². The van der Waals surface area contributed by atoms with E-state index in [4.69, 9.17) is 4.74 Å². The number of alkyl halides is 3. The van der Waals surface area contributed by atoms with Crippen LogP contribution < -0.4 is 0 Å². The molecule has 118 valence electrons. The largest absolute Gasteiger partial charge is 0.471 e. The van der Waals surface area contributed by atoms with E-state index in [1.807, 2.05) is 6.92 Å². The topological polar surface area (TPSA) is 61.0 Å². The molecule has 1 fully saturated rings. The van der Waals surface area contributed by atoms with Crippen molar-refractivity contribution < 1.29 is 22.4 Å². The molecule has 2 aromatic heterocycles. The number of halogens is 3. The van der Waals surface area contributed by atoms with E-state index < -0.39 is 12.1 Å². The van der Waals surface area contributed by atoms with Gasteiger partial charge in [-0.3, -0.25) is 4.98 Å². The lowest BCUT2D eigenvalue weighted by Crippen LogP contribution is -2.16. The van der Waals surface area contributed by atoms with Gasteiger partial charge in [-0.05, 0) is 31.4 Å². The van der Waals surface area contributed by atoms with E-state index in [1.165, 1.54) is 6.20 Å². The number of methoxy groups -OCH3 is 1. The monoisotopic (exact) mass is 313 g/mol. The van der Waals surface area contributed by atoms with Gasteiger partial charge < -0.3 is 9.26 Å². The van der Waals surface area contributed by atoms with Crippen LogP contribution in [0.2, 0.25) is 0 Å². The van der Waals surface area contributed by atoms with Crippen LogP contribution in [-0.4, -0.2) is 27.8 Å². The quantitative estimate of drug-likeness (QED) is 0.867. The fraction of sp³-hybridized carbons (Fsp3) is 0.500. The molecule has 0 unspecified atom stereocenters. The molecule has 1 saturated carbocycles. The van der Waals surface area contributed by atoms with Crippen LogP contribution in [0.3, 0.4) is 0 Å². The lowest BCUT2D eigenvalue weighted by Gasteiger charge is -2.14. The molecular weight excluding hydrogens is 299 g/mol. The summed E-state index contributed by atoms with van der Waals surface area (Å²) in [6, 6.07) is 1.74. The molecule has 2 heterocycles. The van der Waals surface area contributed by atoms with Gasteiger partial charge >= 0.3 is 12.1 Å². The van der Waals surface area contributed by atoms with Crippen molar-refractivity contribution >= 4 is 0 Å². The first-order valence-electron chi connectivity index (χ1n) is 6.75. The first kappa shape index (κ1) is 15.0. The van der Waals surface area contributed by atoms with Crippen LogP contribution >= 0.6 is 0 Å². The zero-order valence-corrected chi connectivity index (χ0v) is 12.1. The number of hydrogen-bond acceptors (Lipinski definition) is 5. The maximum atomic E-state index is 12.5. The fourth-order valence-electron chi connectivity index (χ4n) is 2.28. The highest BCUT2D eigenvalue weighted by Crippen LogP contribution is 2.42. The smallest absolute Gasteiger partial charge is 0.378 e. The van der Waals surface area contributed by atoms with Gasteiger partial charge in [0.2, 0.25) is 5.82 Å². The van der Waals surface area contributed by atoms with Crippen molar-refractivity contribution in [3.63, 3.8) is 0 Å². The average Bonchev–Trinajstić information content (AvgIpc) is 3.04. The number of aryl methyl sites for hydroxylation is 1. The summed E-state index contributed by atoms with van der Waals surface area (Å²) in [7, 11) is 1.66. The number of rotatable bonds is 4. The zero-order valence-electron chi connectivity index (χ0n) is 12.1. The third kappa shape index (κ3) is 2.83. The minimum absolute atomic E-state index is 0.122. The Morgan fingerprint density at radius 2 is 2.09 bits per heavy atom. The molecule has 5 nitrogen and oxygen atoms in total. The number of hydrogen-bond donors (Lipinski definition) is 0. The summed E-state index contributed by atoms with van der Waals surface area (Å²) in [6.45, 7) is 1.85. The average molecular weight is 313 g/mol. The summed E-state index contributed by atoms with van der Waals surface area (Å²) in [5.74, 6) is -1.48. The highest BCUT2D eigenvalue weighted by atomic mass is 19.4. The van der Waals surface area contributed by atoms with Crippen LogP contribution in [0.1, 0.15) is 30.0 Å². The van der Waals surface area contributed by atoms with Gasteiger partial charge in [0, 0.05) is 31.0 Å². The van der Waals surface area contributed by atoms with Gasteiger partial charge in [0.15, 0.2) is 0 Å². The Kier molecular flexibility index (Phi) is 3.43. The molecular formula is C14H14F3N3O2. The van der Waals surface area contributed by atoms with Crippen molar-refractivity contribution in [3.05, 3.63) is 29.4 Å². The van der Waals surface area contributed by atoms with Gasteiger partial charge in [-0.2, -0.15) is 18.2 Å². The summed E-state index contributed by atoms with van der Waals surface area (Å²) in [4.78, 5) is 7.60. The minimum atomic E-state index is -4.65. The molecule has 3 rings (SSSR count). The first-order chi connectivity index (χ1) is 10.3. The van der Waals surface area contributed by atoms with Gasteiger partial charge in [0.05, 0.1) is 5.60 Å². The molecule has 0 amide bonds. The fourth-order valence-corrected chi connectivity index (χ4v) is 2.28. The molecule has 8 heteroatoms. The standard InChI is InChI=1S/C14H14F3N3O2/c1-8-9(6-13(21-2)3-4-13)5-10(7-18-8)11-19-12(22-20-11)14(15,16)17/h5,7H,3-4,6H2,1-2H3. The Balaban J connectivity index is 1.90. The molecule has 0 atom stereocenters. The summed E-state index contributed by atoms with van der Waals surface area (Å²) in [5.41, 5.74) is 1.95. The van der Waals surface area contributed by atoms with Crippen molar-refractivity contribution in [2.45, 2.75) is 38.0 Å². The van der Waals surface area contributed by atoms with Crippen molar-refractivity contribution in [3.8, 4) is 11.4 Å². The number of nitrogens with zero attached hydrogens (tertiary/aromatic N) is 3. The Bertz CT molecular complexity index is 693. The van der Waals surface area contributed by atoms with E-state index in [0.717, 1.165) is 24.1 Å². The molecule has 0 radical (unpaired) electrons. The zero-order chi connectivity index (χ0) is 16.0. The molecule has 0 bridgehead atoms. The first-order valence-corrected chi connectivity index (χ1v) is 6.75. The Morgan fingerprint density at radius 1 is 1.36 bits per heavy atom. The third-order valence-electron chi connectivity index (χ3n) is 3.87. The number of pyridine rings is 1. The molecule has 2 aromatic rings. The highest BCUT2D eigenvalue weighted by molar-refractivity contribution is 5.54. The normalized spacial score (nSPS) is 16.8. The summed E-state index contributed by atoms with van der Waals surface area (Å²) >= 11 is 0. The number of ether oxygens (including phenoxy) is 1. The van der Waals surface area contributed by atoms with Crippen LogP contribution in [0.25, 0.3) is 11.4 Å². The summed E-state index contributed by atoms with van der Waals surface area (Å²) < 4.78 is 47.3. The molecule has 0 saturated heterocycles. The van der Waals surface area contributed by atoms with Crippen LogP contribution in [0.5, 0.6) is 0 Å². The van der Waals surface area contributed by atoms with Crippen LogP contribution in [0.4, 0.5) is 13.2 Å². The van der Waals surface area contributed by atoms with Gasteiger partial charge in [-0.1, -0.05) is 5.16 Å². The molecule has 22 heavy (non-hydrogen) atoms. The van der Waals surface area contributed by atoms with Crippen molar-refractivity contribution in [2.24, 2.45) is 0 Å². The van der Waals surface area contributed by atoms with E-state index in [0.29, 0.717) is 12.0 Å². The molecule has 0 spiro atoms. The number of aromatic nitrogens is 3. The van der Waals surface area contributed by atoms with Crippen LogP contribution in [0, 0.1) is 6.92 Å². The molecule has 0 N–H and O–H groups in total. The summed E-state index contributed by atoms with van der Waals surface area (Å²) in [6.07, 6.45) is -0.613. The lowest BCUT2D eigenvalue weighted by atomic mass is 10.0. The molecule has 1 aliphatic carbocycles. The molecule has 0 aromatic carbocycles. The highest BCUT2D eigenvalue weighted by Gasteiger charge is 2.43. The van der Waals surface area contributed by atoms with Gasteiger partial charge in [0.1, 0.15) is 0 Å². The van der Waals surface area contributed by atoms with E-state index in [9.17, 15) is 13.2 Å². The Hall–Kier alpha value is -1.96.